The van der Waals surface area contributed by atoms with Crippen molar-refractivity contribution in [1.82, 2.24) is 20.9 Å². The number of nitrogens with two attached hydrogens (primary N) is 1. The van der Waals surface area contributed by atoms with E-state index in [1.807, 2.05) is 0 Å². The molecular weight excluding hydrogens is 582 g/mol. The molecule has 0 bridgehead atoms. The van der Waals surface area contributed by atoms with Crippen LogP contribution in [0.3, 0.4) is 0 Å². The first-order valence-electron chi connectivity index (χ1n) is 15.4. The van der Waals surface area contributed by atoms with Gasteiger partial charge in [0, 0.05) is 6.54 Å². The average Bonchev–Trinajstić information content (AvgIpc) is 3.66. The smallest absolute Gasteiger partial charge is 0.329 e. The third-order valence-corrected chi connectivity index (χ3v) is 8.12. The van der Waals surface area contributed by atoms with E-state index in [0.717, 1.165) is 18.4 Å². The Balaban J connectivity index is 1.66. The van der Waals surface area contributed by atoms with Gasteiger partial charge in [0.25, 0.3) is 5.91 Å². The number of amides is 5. The standard InChI is InChI=1S/C32H47N5O8/c1-18(2)24(30(42)45-17-20-11-13-21(44-6)14-12-20)35-31(43)36-26(32(3,4)5)29(41)37-15-7-8-23(37)28(40)34-22(16-19-9-10-19)25(38)27(33)39/h11-14,18-19,22-24,26H,7-10,15-17H2,1-6H3,(H2,33,39)(H,34,40)(H2,35,36,43). The lowest BCUT2D eigenvalue weighted by molar-refractivity contribution is -0.148. The number of ketones is 1. The Morgan fingerprint density at radius 1 is 0.978 bits per heavy atom. The van der Waals surface area contributed by atoms with Gasteiger partial charge in [-0.15, -0.1) is 0 Å². The quantitative estimate of drug-likeness (QED) is 0.177. The normalized spacial score (nSPS) is 18.4. The number of nitrogens with zero attached hydrogens (tertiary/aromatic N) is 1. The minimum Gasteiger partial charge on any atom is -0.497 e. The lowest BCUT2D eigenvalue weighted by Gasteiger charge is -2.36. The van der Waals surface area contributed by atoms with Crippen molar-refractivity contribution < 1.29 is 38.2 Å². The zero-order chi connectivity index (χ0) is 33.5. The topological polar surface area (TPSA) is 186 Å². The van der Waals surface area contributed by atoms with Crippen LogP contribution in [0.25, 0.3) is 0 Å². The van der Waals surface area contributed by atoms with Crippen molar-refractivity contribution in [3.8, 4) is 5.75 Å². The lowest BCUT2D eigenvalue weighted by Crippen LogP contribution is -2.61. The number of likely N-dealkylation sites (tertiary alicyclic amines) is 1. The van der Waals surface area contributed by atoms with Crippen molar-refractivity contribution in [3.63, 3.8) is 0 Å². The Morgan fingerprint density at radius 3 is 2.16 bits per heavy atom. The summed E-state index contributed by atoms with van der Waals surface area (Å²) >= 11 is 0. The molecule has 1 heterocycles. The van der Waals surface area contributed by atoms with Crippen LogP contribution >= 0.6 is 0 Å². The van der Waals surface area contributed by atoms with Gasteiger partial charge in [-0.25, -0.2) is 9.59 Å². The molecule has 0 spiro atoms. The second-order valence-corrected chi connectivity index (χ2v) is 13.3. The number of urea groups is 1. The number of carbonyl (C=O) groups excluding carboxylic acids is 6. The van der Waals surface area contributed by atoms with Gasteiger partial charge in [0.15, 0.2) is 0 Å². The number of esters is 1. The van der Waals surface area contributed by atoms with Crippen molar-refractivity contribution in [3.05, 3.63) is 29.8 Å². The molecule has 0 radical (unpaired) electrons. The molecule has 13 heteroatoms. The molecule has 1 aliphatic carbocycles. The zero-order valence-corrected chi connectivity index (χ0v) is 27.0. The summed E-state index contributed by atoms with van der Waals surface area (Å²) in [5.74, 6) is -3.04. The van der Waals surface area contributed by atoms with E-state index in [1.165, 1.54) is 4.90 Å². The first-order valence-corrected chi connectivity index (χ1v) is 15.4. The second kappa shape index (κ2) is 15.2. The van der Waals surface area contributed by atoms with Crippen molar-refractivity contribution in [2.75, 3.05) is 13.7 Å². The Kier molecular flexibility index (Phi) is 11.9. The van der Waals surface area contributed by atoms with E-state index in [-0.39, 0.29) is 25.0 Å². The van der Waals surface area contributed by atoms with Gasteiger partial charge in [0.1, 0.15) is 30.5 Å². The van der Waals surface area contributed by atoms with Crippen LogP contribution in [0, 0.1) is 17.3 Å². The molecule has 13 nitrogen and oxygen atoms in total. The van der Waals surface area contributed by atoms with Crippen LogP contribution in [-0.4, -0.2) is 78.2 Å². The second-order valence-electron chi connectivity index (χ2n) is 13.3. The van der Waals surface area contributed by atoms with Crippen LogP contribution in [0.4, 0.5) is 4.79 Å². The molecule has 1 saturated carbocycles. The number of ether oxygens (including phenoxy) is 2. The fraction of sp³-hybridized carbons (Fsp3) is 0.625. The van der Waals surface area contributed by atoms with Crippen LogP contribution in [0.2, 0.25) is 0 Å². The molecule has 248 valence electrons. The predicted octanol–water partition coefficient (Wildman–Crippen LogP) is 1.81. The summed E-state index contributed by atoms with van der Waals surface area (Å²) in [5, 5.41) is 8.02. The minimum atomic E-state index is -1.12. The molecule has 1 aromatic rings. The van der Waals surface area contributed by atoms with Gasteiger partial charge < -0.3 is 36.1 Å². The summed E-state index contributed by atoms with van der Waals surface area (Å²) in [6, 6.07) is 2.33. The van der Waals surface area contributed by atoms with Crippen molar-refractivity contribution in [2.45, 2.75) is 97.5 Å². The monoisotopic (exact) mass is 629 g/mol. The Hall–Kier alpha value is -4.16. The Labute approximate surface area is 264 Å². The van der Waals surface area contributed by atoms with Crippen LogP contribution in [-0.2, 0) is 35.3 Å². The molecular formula is C32H47N5O8. The summed E-state index contributed by atoms with van der Waals surface area (Å²) in [6.45, 7) is 9.14. The number of hydrogen-bond donors (Lipinski definition) is 4. The summed E-state index contributed by atoms with van der Waals surface area (Å²) in [4.78, 5) is 78.7. The zero-order valence-electron chi connectivity index (χ0n) is 27.0. The lowest BCUT2D eigenvalue weighted by atomic mass is 9.85. The summed E-state index contributed by atoms with van der Waals surface area (Å²) < 4.78 is 10.6. The largest absolute Gasteiger partial charge is 0.497 e. The highest BCUT2D eigenvalue weighted by Gasteiger charge is 2.43. The van der Waals surface area contributed by atoms with Crippen LogP contribution in [0.15, 0.2) is 24.3 Å². The van der Waals surface area contributed by atoms with Gasteiger partial charge in [-0.1, -0.05) is 59.6 Å². The van der Waals surface area contributed by atoms with Crippen LogP contribution in [0.1, 0.15) is 72.3 Å². The molecule has 3 rings (SSSR count). The molecule has 45 heavy (non-hydrogen) atoms. The third-order valence-electron chi connectivity index (χ3n) is 8.12. The summed E-state index contributed by atoms with van der Waals surface area (Å²) in [5.41, 5.74) is 5.19. The van der Waals surface area contributed by atoms with E-state index in [1.54, 1.807) is 66.0 Å². The number of methoxy groups -OCH3 is 1. The van der Waals surface area contributed by atoms with Gasteiger partial charge in [-0.2, -0.15) is 0 Å². The highest BCUT2D eigenvalue weighted by atomic mass is 16.5. The Bertz CT molecular complexity index is 1260. The predicted molar refractivity (Wildman–Crippen MR) is 165 cm³/mol. The number of nitrogens with one attached hydrogen (secondary N) is 3. The third kappa shape index (κ3) is 9.92. The van der Waals surface area contributed by atoms with E-state index >= 15 is 0 Å². The summed E-state index contributed by atoms with van der Waals surface area (Å²) in [6.07, 6.45) is 3.04. The number of primary amides is 1. The first-order chi connectivity index (χ1) is 21.1. The molecule has 0 aromatic heterocycles. The van der Waals surface area contributed by atoms with Crippen LogP contribution < -0.4 is 26.4 Å². The number of rotatable bonds is 14. The molecule has 1 aliphatic heterocycles. The molecule has 1 aromatic carbocycles. The van der Waals surface area contributed by atoms with E-state index in [0.29, 0.717) is 25.0 Å². The maximum atomic E-state index is 13.9. The molecule has 4 atom stereocenters. The molecule has 4 unspecified atom stereocenters. The van der Waals surface area contributed by atoms with E-state index in [4.69, 9.17) is 15.2 Å². The number of carbonyl (C=O) groups is 6. The molecule has 2 fully saturated rings. The van der Waals surface area contributed by atoms with Gasteiger partial charge in [-0.05, 0) is 54.2 Å². The highest BCUT2D eigenvalue weighted by molar-refractivity contribution is 6.37. The Morgan fingerprint density at radius 2 is 1.62 bits per heavy atom. The van der Waals surface area contributed by atoms with Crippen molar-refractivity contribution in [2.24, 2.45) is 23.0 Å². The fourth-order valence-electron chi connectivity index (χ4n) is 5.25. The fourth-order valence-corrected chi connectivity index (χ4v) is 5.25. The summed E-state index contributed by atoms with van der Waals surface area (Å²) in [7, 11) is 1.56. The number of benzene rings is 1. The number of hydrogen-bond acceptors (Lipinski definition) is 8. The van der Waals surface area contributed by atoms with E-state index < -0.39 is 65.1 Å². The van der Waals surface area contributed by atoms with Gasteiger partial charge in [-0.3, -0.25) is 19.2 Å². The van der Waals surface area contributed by atoms with Crippen molar-refractivity contribution in [1.29, 1.82) is 0 Å². The van der Waals surface area contributed by atoms with Crippen LogP contribution in [0.5, 0.6) is 5.75 Å². The maximum Gasteiger partial charge on any atom is 0.329 e. The van der Waals surface area contributed by atoms with Gasteiger partial charge in [0.05, 0.1) is 13.2 Å². The van der Waals surface area contributed by atoms with E-state index in [9.17, 15) is 28.8 Å². The SMILES string of the molecule is COc1ccc(COC(=O)C(NC(=O)NC(C(=O)N2CCCC2C(=O)NC(CC2CC2)C(=O)C(N)=O)C(C)(C)C)C(C)C)cc1. The molecule has 1 saturated heterocycles. The van der Waals surface area contributed by atoms with Crippen molar-refractivity contribution >= 4 is 35.5 Å². The maximum absolute atomic E-state index is 13.9. The molecule has 2 aliphatic rings. The molecule has 5 amide bonds. The first kappa shape index (κ1) is 35.3. The average molecular weight is 630 g/mol. The number of Topliss-reactive ketones (excluding diaryl/α,β-unsaturated/α-hetero) is 1. The molecule has 5 N–H and O–H groups in total. The van der Waals surface area contributed by atoms with Gasteiger partial charge >= 0.3 is 12.0 Å². The minimum absolute atomic E-state index is 0.00339. The highest BCUT2D eigenvalue weighted by Crippen LogP contribution is 2.34. The van der Waals surface area contributed by atoms with Gasteiger partial charge in [0.2, 0.25) is 17.6 Å². The van der Waals surface area contributed by atoms with E-state index in [2.05, 4.69) is 16.0 Å².